The predicted octanol–water partition coefficient (Wildman–Crippen LogP) is 4.56. The number of benzene rings is 2. The van der Waals surface area contributed by atoms with Gasteiger partial charge in [0.05, 0.1) is 0 Å². The SMILES string of the molecule is Brc1ccc([Te](Br)(Br)c2ccc(Br)cc2)cc1. The fraction of sp³-hybridized carbons (Fsp3) is 0. The quantitative estimate of drug-likeness (QED) is 0.445. The molecule has 0 nitrogen and oxygen atoms in total. The van der Waals surface area contributed by atoms with E-state index in [2.05, 4.69) is 106 Å². The van der Waals surface area contributed by atoms with Crippen LogP contribution >= 0.6 is 57.4 Å². The molecular formula is C12H8Br4Te. The molecule has 2 aromatic carbocycles. The van der Waals surface area contributed by atoms with Gasteiger partial charge in [0, 0.05) is 0 Å². The summed E-state index contributed by atoms with van der Waals surface area (Å²) in [5.74, 6) is 0. The van der Waals surface area contributed by atoms with E-state index in [0.29, 0.717) is 0 Å². The molecule has 0 radical (unpaired) electrons. The summed E-state index contributed by atoms with van der Waals surface area (Å²) in [5.41, 5.74) is 0. The van der Waals surface area contributed by atoms with E-state index in [9.17, 15) is 0 Å². The minimum atomic E-state index is -2.50. The molecule has 0 saturated heterocycles. The second-order valence-electron chi connectivity index (χ2n) is 3.38. The van der Waals surface area contributed by atoms with Crippen molar-refractivity contribution in [3.05, 3.63) is 57.5 Å². The molecule has 0 aromatic heterocycles. The zero-order valence-electron chi connectivity index (χ0n) is 8.54. The molecule has 0 aliphatic carbocycles. The summed E-state index contributed by atoms with van der Waals surface area (Å²) in [6.45, 7) is 0. The van der Waals surface area contributed by atoms with Gasteiger partial charge in [-0.2, -0.15) is 0 Å². The van der Waals surface area contributed by atoms with Crippen LogP contribution in [0.4, 0.5) is 0 Å². The van der Waals surface area contributed by atoms with E-state index >= 15 is 0 Å². The Balaban J connectivity index is 2.41. The van der Waals surface area contributed by atoms with Crippen molar-refractivity contribution >= 4 is 78.4 Å². The molecule has 0 aliphatic heterocycles. The van der Waals surface area contributed by atoms with Crippen LogP contribution in [0.1, 0.15) is 0 Å². The Morgan fingerprint density at radius 1 is 0.588 bits per heavy atom. The Bertz CT molecular complexity index is 458. The van der Waals surface area contributed by atoms with Gasteiger partial charge >= 0.3 is 136 Å². The molecule has 5 heteroatoms. The van der Waals surface area contributed by atoms with Gasteiger partial charge in [-0.15, -0.1) is 0 Å². The number of hydrogen-bond acceptors (Lipinski definition) is 0. The third kappa shape index (κ3) is 3.58. The van der Waals surface area contributed by atoms with Crippen LogP contribution in [0, 0.1) is 0 Å². The van der Waals surface area contributed by atoms with Gasteiger partial charge in [-0.25, -0.2) is 0 Å². The van der Waals surface area contributed by atoms with Gasteiger partial charge in [0.2, 0.25) is 0 Å². The van der Waals surface area contributed by atoms with Crippen LogP contribution in [0.25, 0.3) is 0 Å². The summed E-state index contributed by atoms with van der Waals surface area (Å²) >= 11 is 12.3. The van der Waals surface area contributed by atoms with Crippen molar-refractivity contribution in [2.45, 2.75) is 0 Å². The van der Waals surface area contributed by atoms with E-state index in [0.717, 1.165) is 8.95 Å². The summed E-state index contributed by atoms with van der Waals surface area (Å²) in [6.07, 6.45) is 0. The average molecular weight is 599 g/mol. The van der Waals surface area contributed by atoms with Gasteiger partial charge in [-0.05, 0) is 0 Å². The van der Waals surface area contributed by atoms with E-state index in [1.165, 1.54) is 7.22 Å². The van der Waals surface area contributed by atoms with Gasteiger partial charge < -0.3 is 0 Å². The number of rotatable bonds is 2. The van der Waals surface area contributed by atoms with Crippen molar-refractivity contribution < 1.29 is 0 Å². The first kappa shape index (κ1) is 14.6. The van der Waals surface area contributed by atoms with Crippen molar-refractivity contribution in [2.75, 3.05) is 0 Å². The Labute approximate surface area is 134 Å². The molecule has 0 saturated carbocycles. The summed E-state index contributed by atoms with van der Waals surface area (Å²) in [5, 5.41) is 0. The average Bonchev–Trinajstić information content (AvgIpc) is 2.30. The Kier molecular flexibility index (Phi) is 5.20. The molecule has 2 rings (SSSR count). The van der Waals surface area contributed by atoms with Crippen LogP contribution in [-0.2, 0) is 0 Å². The van der Waals surface area contributed by atoms with E-state index in [1.54, 1.807) is 0 Å². The van der Waals surface area contributed by atoms with Crippen LogP contribution in [0.2, 0.25) is 0 Å². The zero-order valence-corrected chi connectivity index (χ0v) is 17.2. The molecule has 0 unspecified atom stereocenters. The van der Waals surface area contributed by atoms with Crippen LogP contribution in [0.5, 0.6) is 0 Å². The van der Waals surface area contributed by atoms with Crippen LogP contribution in [-0.4, -0.2) is 13.8 Å². The first-order valence-corrected chi connectivity index (χ1v) is 19.1. The Morgan fingerprint density at radius 2 is 0.882 bits per heavy atom. The van der Waals surface area contributed by atoms with Crippen molar-refractivity contribution in [1.29, 1.82) is 0 Å². The predicted molar refractivity (Wildman–Crippen MR) is 91.2 cm³/mol. The fourth-order valence-electron chi connectivity index (χ4n) is 1.35. The maximum atomic E-state index is 3.92. The molecule has 2 aromatic rings. The van der Waals surface area contributed by atoms with E-state index < -0.39 is 13.8 Å². The van der Waals surface area contributed by atoms with Crippen molar-refractivity contribution in [2.24, 2.45) is 0 Å². The van der Waals surface area contributed by atoms with Gasteiger partial charge in [0.25, 0.3) is 0 Å². The molecule has 17 heavy (non-hydrogen) atoms. The number of hydrogen-bond donors (Lipinski definition) is 0. The molecule has 90 valence electrons. The second kappa shape index (κ2) is 6.07. The van der Waals surface area contributed by atoms with Gasteiger partial charge in [-0.1, -0.05) is 0 Å². The van der Waals surface area contributed by atoms with Crippen molar-refractivity contribution in [3.8, 4) is 0 Å². The van der Waals surface area contributed by atoms with Gasteiger partial charge in [0.15, 0.2) is 0 Å². The third-order valence-corrected chi connectivity index (χ3v) is 18.2. The van der Waals surface area contributed by atoms with E-state index in [-0.39, 0.29) is 0 Å². The molecular weight excluding hydrogens is 591 g/mol. The van der Waals surface area contributed by atoms with Crippen molar-refractivity contribution in [3.63, 3.8) is 0 Å². The van der Waals surface area contributed by atoms with Gasteiger partial charge in [0.1, 0.15) is 0 Å². The first-order valence-electron chi connectivity index (χ1n) is 4.74. The van der Waals surface area contributed by atoms with Crippen LogP contribution < -0.4 is 7.22 Å². The summed E-state index contributed by atoms with van der Waals surface area (Å²) in [7, 11) is 0. The van der Waals surface area contributed by atoms with E-state index in [1.807, 2.05) is 0 Å². The molecule has 0 aliphatic rings. The zero-order chi connectivity index (χ0) is 12.5. The van der Waals surface area contributed by atoms with Gasteiger partial charge in [-0.3, -0.25) is 0 Å². The molecule has 0 heterocycles. The normalized spacial score (nSPS) is 12.5. The van der Waals surface area contributed by atoms with Crippen LogP contribution in [0.3, 0.4) is 0 Å². The Morgan fingerprint density at radius 3 is 1.18 bits per heavy atom. The monoisotopic (exact) mass is 598 g/mol. The summed E-state index contributed by atoms with van der Waals surface area (Å²) < 4.78 is 4.91. The maximum absolute atomic E-state index is 3.92. The summed E-state index contributed by atoms with van der Waals surface area (Å²) in [6, 6.07) is 17.0. The molecule has 0 bridgehead atoms. The third-order valence-electron chi connectivity index (χ3n) is 2.22. The molecule has 0 amide bonds. The van der Waals surface area contributed by atoms with Crippen LogP contribution in [0.15, 0.2) is 57.5 Å². The first-order chi connectivity index (χ1) is 8.00. The molecule has 0 N–H and O–H groups in total. The van der Waals surface area contributed by atoms with Crippen molar-refractivity contribution in [1.82, 2.24) is 0 Å². The molecule has 0 atom stereocenters. The van der Waals surface area contributed by atoms with E-state index in [4.69, 9.17) is 0 Å². The molecule has 0 spiro atoms. The topological polar surface area (TPSA) is 0 Å². The second-order valence-corrected chi connectivity index (χ2v) is 29.4. The standard InChI is InChI=1S/C12H8Br4Te/c13-9-1-5-11(6-2-9)17(15,16)12-7-3-10(14)4-8-12/h1-8H. The Hall–Kier alpha value is 1.15. The minimum absolute atomic E-state index is 1.11. The fourth-order valence-corrected chi connectivity index (χ4v) is 11.2. The summed E-state index contributed by atoms with van der Waals surface area (Å²) in [4.78, 5) is 0. The molecule has 0 fully saturated rings. The number of halogens is 4.